The first-order valence-electron chi connectivity index (χ1n) is 3.41. The van der Waals surface area contributed by atoms with E-state index in [2.05, 4.69) is 18.4 Å². The molecule has 1 N–H and O–H groups in total. The Bertz CT molecular complexity index is 203. The molecular weight excluding hydrogens is 144 g/mol. The van der Waals surface area contributed by atoms with Gasteiger partial charge in [0.05, 0.1) is 6.10 Å². The molecule has 0 saturated heterocycles. The SMILES string of the molecule is Cc1ccsc1C[C@@H](C)O. The van der Waals surface area contributed by atoms with Gasteiger partial charge in [0.15, 0.2) is 0 Å². The Labute approximate surface area is 65.3 Å². The van der Waals surface area contributed by atoms with Gasteiger partial charge in [-0.3, -0.25) is 0 Å². The Morgan fingerprint density at radius 2 is 2.40 bits per heavy atom. The molecule has 0 fully saturated rings. The summed E-state index contributed by atoms with van der Waals surface area (Å²) in [5.74, 6) is 0. The molecule has 1 atom stereocenters. The van der Waals surface area contributed by atoms with Crippen LogP contribution in [0.15, 0.2) is 11.4 Å². The third kappa shape index (κ3) is 1.82. The van der Waals surface area contributed by atoms with Crippen LogP contribution in [0.25, 0.3) is 0 Å². The molecule has 1 rings (SSSR count). The lowest BCUT2D eigenvalue weighted by Gasteiger charge is -2.01. The van der Waals surface area contributed by atoms with Gasteiger partial charge < -0.3 is 5.11 Å². The predicted octanol–water partition coefficient (Wildman–Crippen LogP) is 1.98. The first-order valence-corrected chi connectivity index (χ1v) is 4.29. The maximum atomic E-state index is 9.06. The van der Waals surface area contributed by atoms with E-state index < -0.39 is 0 Å². The van der Waals surface area contributed by atoms with Crippen molar-refractivity contribution < 1.29 is 5.11 Å². The summed E-state index contributed by atoms with van der Waals surface area (Å²) in [6.07, 6.45) is 0.584. The van der Waals surface area contributed by atoms with E-state index >= 15 is 0 Å². The number of aryl methyl sites for hydroxylation is 1. The monoisotopic (exact) mass is 156 g/mol. The number of aliphatic hydroxyl groups excluding tert-OH is 1. The Morgan fingerprint density at radius 3 is 2.80 bits per heavy atom. The first-order chi connectivity index (χ1) is 4.70. The highest BCUT2D eigenvalue weighted by Crippen LogP contribution is 2.16. The highest BCUT2D eigenvalue weighted by molar-refractivity contribution is 7.10. The summed E-state index contributed by atoms with van der Waals surface area (Å²) in [6, 6.07) is 2.09. The van der Waals surface area contributed by atoms with Crippen LogP contribution in [0.5, 0.6) is 0 Å². The summed E-state index contributed by atoms with van der Waals surface area (Å²) in [7, 11) is 0. The van der Waals surface area contributed by atoms with Crippen molar-refractivity contribution in [2.24, 2.45) is 0 Å². The van der Waals surface area contributed by atoms with Crippen molar-refractivity contribution in [3.8, 4) is 0 Å². The van der Waals surface area contributed by atoms with E-state index in [4.69, 9.17) is 5.11 Å². The second-order valence-electron chi connectivity index (χ2n) is 2.58. The zero-order chi connectivity index (χ0) is 7.56. The molecular formula is C8H12OS. The van der Waals surface area contributed by atoms with E-state index in [1.807, 2.05) is 6.92 Å². The van der Waals surface area contributed by atoms with Crippen LogP contribution in [0.2, 0.25) is 0 Å². The van der Waals surface area contributed by atoms with E-state index in [-0.39, 0.29) is 6.10 Å². The van der Waals surface area contributed by atoms with Crippen LogP contribution in [0.3, 0.4) is 0 Å². The van der Waals surface area contributed by atoms with Crippen molar-refractivity contribution >= 4 is 11.3 Å². The van der Waals surface area contributed by atoms with Crippen LogP contribution in [-0.4, -0.2) is 11.2 Å². The van der Waals surface area contributed by atoms with Gasteiger partial charge in [-0.05, 0) is 30.9 Å². The summed E-state index contributed by atoms with van der Waals surface area (Å²) in [5.41, 5.74) is 1.30. The van der Waals surface area contributed by atoms with E-state index in [9.17, 15) is 0 Å². The highest BCUT2D eigenvalue weighted by atomic mass is 32.1. The van der Waals surface area contributed by atoms with E-state index in [0.717, 1.165) is 6.42 Å². The molecule has 10 heavy (non-hydrogen) atoms. The fourth-order valence-corrected chi connectivity index (χ4v) is 1.91. The highest BCUT2D eigenvalue weighted by Gasteiger charge is 2.02. The molecule has 0 aliphatic carbocycles. The van der Waals surface area contributed by atoms with Gasteiger partial charge in [0.25, 0.3) is 0 Å². The molecule has 0 aromatic carbocycles. The summed E-state index contributed by atoms with van der Waals surface area (Å²) < 4.78 is 0. The van der Waals surface area contributed by atoms with Gasteiger partial charge in [-0.2, -0.15) is 0 Å². The molecule has 0 aliphatic rings. The smallest absolute Gasteiger partial charge is 0.0560 e. The maximum absolute atomic E-state index is 9.06. The normalized spacial score (nSPS) is 13.5. The average Bonchev–Trinajstić information content (AvgIpc) is 2.15. The molecule has 0 unspecified atom stereocenters. The lowest BCUT2D eigenvalue weighted by molar-refractivity contribution is 0.196. The molecule has 0 spiro atoms. The number of hydrogen-bond donors (Lipinski definition) is 1. The summed E-state index contributed by atoms with van der Waals surface area (Å²) in [4.78, 5) is 1.30. The van der Waals surface area contributed by atoms with Crippen LogP contribution in [0.4, 0.5) is 0 Å². The van der Waals surface area contributed by atoms with Gasteiger partial charge in [-0.25, -0.2) is 0 Å². The van der Waals surface area contributed by atoms with E-state index in [1.165, 1.54) is 10.4 Å². The number of rotatable bonds is 2. The molecule has 1 aromatic heterocycles. The fourth-order valence-electron chi connectivity index (χ4n) is 0.882. The standard InChI is InChI=1S/C8H12OS/c1-6-3-4-10-8(6)5-7(2)9/h3-4,7,9H,5H2,1-2H3/t7-/m1/s1. The van der Waals surface area contributed by atoms with Crippen LogP contribution in [-0.2, 0) is 6.42 Å². The summed E-state index contributed by atoms with van der Waals surface area (Å²) >= 11 is 1.72. The van der Waals surface area contributed by atoms with Crippen LogP contribution >= 0.6 is 11.3 Å². The van der Waals surface area contributed by atoms with E-state index in [1.54, 1.807) is 11.3 Å². The minimum atomic E-state index is -0.211. The van der Waals surface area contributed by atoms with Gasteiger partial charge in [0.1, 0.15) is 0 Å². The van der Waals surface area contributed by atoms with Gasteiger partial charge in [0, 0.05) is 11.3 Å². The third-order valence-corrected chi connectivity index (χ3v) is 2.49. The minimum Gasteiger partial charge on any atom is -0.393 e. The maximum Gasteiger partial charge on any atom is 0.0560 e. The molecule has 1 heterocycles. The molecule has 2 heteroatoms. The number of hydrogen-bond acceptors (Lipinski definition) is 2. The summed E-state index contributed by atoms with van der Waals surface area (Å²) in [5, 5.41) is 11.1. The Morgan fingerprint density at radius 1 is 1.70 bits per heavy atom. The third-order valence-electron chi connectivity index (χ3n) is 1.45. The van der Waals surface area contributed by atoms with Gasteiger partial charge in [-0.1, -0.05) is 0 Å². The molecule has 0 amide bonds. The van der Waals surface area contributed by atoms with Crippen molar-refractivity contribution in [2.45, 2.75) is 26.4 Å². The average molecular weight is 156 g/mol. The van der Waals surface area contributed by atoms with Crippen molar-refractivity contribution in [1.29, 1.82) is 0 Å². The lowest BCUT2D eigenvalue weighted by Crippen LogP contribution is -2.03. The predicted molar refractivity (Wildman–Crippen MR) is 44.4 cm³/mol. The zero-order valence-corrected chi connectivity index (χ0v) is 7.11. The number of aliphatic hydroxyl groups is 1. The summed E-state index contributed by atoms with van der Waals surface area (Å²) in [6.45, 7) is 3.90. The largest absolute Gasteiger partial charge is 0.393 e. The topological polar surface area (TPSA) is 20.2 Å². The minimum absolute atomic E-state index is 0.211. The Kier molecular flexibility index (Phi) is 2.46. The molecule has 0 bridgehead atoms. The van der Waals surface area contributed by atoms with Crippen LogP contribution in [0.1, 0.15) is 17.4 Å². The van der Waals surface area contributed by atoms with Crippen molar-refractivity contribution in [1.82, 2.24) is 0 Å². The molecule has 56 valence electrons. The quantitative estimate of drug-likeness (QED) is 0.694. The molecule has 1 nitrogen and oxygen atoms in total. The van der Waals surface area contributed by atoms with Gasteiger partial charge in [-0.15, -0.1) is 11.3 Å². The molecule has 0 aliphatic heterocycles. The van der Waals surface area contributed by atoms with E-state index in [0.29, 0.717) is 0 Å². The van der Waals surface area contributed by atoms with Gasteiger partial charge in [0.2, 0.25) is 0 Å². The zero-order valence-electron chi connectivity index (χ0n) is 6.29. The van der Waals surface area contributed by atoms with Gasteiger partial charge >= 0.3 is 0 Å². The second kappa shape index (κ2) is 3.17. The molecule has 0 saturated carbocycles. The van der Waals surface area contributed by atoms with Crippen LogP contribution in [0, 0.1) is 6.92 Å². The van der Waals surface area contributed by atoms with Crippen LogP contribution < -0.4 is 0 Å². The van der Waals surface area contributed by atoms with Crippen molar-refractivity contribution in [3.05, 3.63) is 21.9 Å². The Balaban J connectivity index is 2.65. The van der Waals surface area contributed by atoms with Crippen molar-refractivity contribution in [3.63, 3.8) is 0 Å². The molecule has 1 aromatic rings. The lowest BCUT2D eigenvalue weighted by atomic mass is 10.2. The number of thiophene rings is 1. The Hall–Kier alpha value is -0.340. The molecule has 0 radical (unpaired) electrons. The first kappa shape index (κ1) is 7.76. The second-order valence-corrected chi connectivity index (χ2v) is 3.58. The van der Waals surface area contributed by atoms with Crippen molar-refractivity contribution in [2.75, 3.05) is 0 Å². The fraction of sp³-hybridized carbons (Fsp3) is 0.500.